The highest BCUT2D eigenvalue weighted by Crippen LogP contribution is 2.16. The molecule has 2 heteroatoms. The summed E-state index contributed by atoms with van der Waals surface area (Å²) in [6, 6.07) is 8.09. The topological polar surface area (TPSA) is 37.3 Å². The van der Waals surface area contributed by atoms with Gasteiger partial charge < -0.3 is 5.11 Å². The molecule has 0 saturated carbocycles. The van der Waals surface area contributed by atoms with E-state index in [0.717, 1.165) is 12.0 Å². The molecule has 0 aliphatic heterocycles. The summed E-state index contributed by atoms with van der Waals surface area (Å²) in [7, 11) is 0. The lowest BCUT2D eigenvalue weighted by atomic mass is 10.00. The molecule has 0 radical (unpaired) electrons. The number of aryl methyl sites for hydroxylation is 1. The van der Waals surface area contributed by atoms with Crippen molar-refractivity contribution in [2.45, 2.75) is 77.6 Å². The van der Waals surface area contributed by atoms with Crippen molar-refractivity contribution in [3.8, 4) is 0 Å². The third-order valence-corrected chi connectivity index (χ3v) is 4.26. The van der Waals surface area contributed by atoms with Gasteiger partial charge in [0.05, 0.1) is 0 Å². The van der Waals surface area contributed by atoms with Crippen LogP contribution < -0.4 is 0 Å². The molecule has 23 heavy (non-hydrogen) atoms. The van der Waals surface area contributed by atoms with E-state index < -0.39 is 5.97 Å². The number of hydrogen-bond acceptors (Lipinski definition) is 1. The Bertz CT molecular complexity index is 463. The zero-order valence-corrected chi connectivity index (χ0v) is 14.6. The van der Waals surface area contributed by atoms with Gasteiger partial charge in [0.2, 0.25) is 0 Å². The molecule has 1 N–H and O–H groups in total. The highest BCUT2D eigenvalue weighted by molar-refractivity contribution is 5.85. The Labute approximate surface area is 141 Å². The minimum Gasteiger partial charge on any atom is -0.478 e. The number of hydrogen-bond donors (Lipinski definition) is 1. The maximum absolute atomic E-state index is 10.6. The monoisotopic (exact) mass is 316 g/mol. The smallest absolute Gasteiger partial charge is 0.328 e. The Morgan fingerprint density at radius 1 is 0.913 bits per heavy atom. The Hall–Kier alpha value is -1.57. The van der Waals surface area contributed by atoms with Crippen molar-refractivity contribution < 1.29 is 9.90 Å². The quantitative estimate of drug-likeness (QED) is 0.345. The van der Waals surface area contributed by atoms with Gasteiger partial charge in [-0.1, -0.05) is 89.0 Å². The first-order valence-corrected chi connectivity index (χ1v) is 9.23. The summed E-state index contributed by atoms with van der Waals surface area (Å²) in [4.78, 5) is 10.6. The lowest BCUT2D eigenvalue weighted by Crippen LogP contribution is -1.92. The minimum absolute atomic E-state index is 0.890. The second-order valence-electron chi connectivity index (χ2n) is 6.30. The maximum Gasteiger partial charge on any atom is 0.328 e. The minimum atomic E-state index is -0.890. The maximum atomic E-state index is 10.6. The van der Waals surface area contributed by atoms with Crippen LogP contribution >= 0.6 is 0 Å². The first-order valence-electron chi connectivity index (χ1n) is 9.23. The van der Waals surface area contributed by atoms with E-state index in [1.54, 1.807) is 6.08 Å². The van der Waals surface area contributed by atoms with E-state index >= 15 is 0 Å². The normalized spacial score (nSPS) is 11.2. The molecule has 0 aliphatic carbocycles. The number of benzene rings is 1. The summed E-state index contributed by atoms with van der Waals surface area (Å²) in [6.07, 6.45) is 17.4. The van der Waals surface area contributed by atoms with E-state index in [0.29, 0.717) is 0 Å². The van der Waals surface area contributed by atoms with Gasteiger partial charge in [0.25, 0.3) is 0 Å². The first kappa shape index (κ1) is 19.5. The standard InChI is InChI=1S/C21H32O2/c1-2-3-4-5-6-7-8-9-10-11-14-19-15-12-13-16-20(19)17-18-21(22)23/h12-13,15-18H,2-11,14H2,1H3,(H,22,23). The lowest BCUT2D eigenvalue weighted by molar-refractivity contribution is -0.131. The summed E-state index contributed by atoms with van der Waals surface area (Å²) in [5.74, 6) is -0.890. The zero-order valence-electron chi connectivity index (χ0n) is 14.6. The van der Waals surface area contributed by atoms with Gasteiger partial charge in [0.15, 0.2) is 0 Å². The summed E-state index contributed by atoms with van der Waals surface area (Å²) in [6.45, 7) is 2.26. The van der Waals surface area contributed by atoms with Crippen LogP contribution in [0.1, 0.15) is 82.3 Å². The van der Waals surface area contributed by atoms with E-state index in [1.807, 2.05) is 18.2 Å². The predicted molar refractivity (Wildman–Crippen MR) is 98.7 cm³/mol. The second-order valence-corrected chi connectivity index (χ2v) is 6.30. The second kappa shape index (κ2) is 12.9. The first-order chi connectivity index (χ1) is 11.2. The number of unbranched alkanes of at least 4 members (excludes halogenated alkanes) is 9. The lowest BCUT2D eigenvalue weighted by Gasteiger charge is -2.06. The van der Waals surface area contributed by atoms with Gasteiger partial charge in [-0.25, -0.2) is 4.79 Å². The Morgan fingerprint density at radius 2 is 1.48 bits per heavy atom. The van der Waals surface area contributed by atoms with Gasteiger partial charge in [-0.05, 0) is 30.0 Å². The van der Waals surface area contributed by atoms with E-state index in [9.17, 15) is 4.79 Å². The molecule has 0 atom stereocenters. The van der Waals surface area contributed by atoms with Crippen LogP contribution in [0.5, 0.6) is 0 Å². The molecule has 0 unspecified atom stereocenters. The molecule has 0 spiro atoms. The van der Waals surface area contributed by atoms with Crippen LogP contribution in [-0.4, -0.2) is 11.1 Å². The van der Waals surface area contributed by atoms with Crippen LogP contribution in [0.3, 0.4) is 0 Å². The molecule has 0 amide bonds. The van der Waals surface area contributed by atoms with Crippen molar-refractivity contribution in [1.82, 2.24) is 0 Å². The summed E-state index contributed by atoms with van der Waals surface area (Å²) >= 11 is 0. The molecule has 0 aliphatic rings. The number of aliphatic carboxylic acids is 1. The molecule has 1 aromatic rings. The highest BCUT2D eigenvalue weighted by atomic mass is 16.4. The van der Waals surface area contributed by atoms with Gasteiger partial charge in [0, 0.05) is 6.08 Å². The van der Waals surface area contributed by atoms with Crippen LogP contribution in [-0.2, 0) is 11.2 Å². The fraction of sp³-hybridized carbons (Fsp3) is 0.571. The van der Waals surface area contributed by atoms with E-state index in [2.05, 4.69) is 13.0 Å². The van der Waals surface area contributed by atoms with Gasteiger partial charge in [-0.2, -0.15) is 0 Å². The third-order valence-electron chi connectivity index (χ3n) is 4.26. The summed E-state index contributed by atoms with van der Waals surface area (Å²) < 4.78 is 0. The third kappa shape index (κ3) is 9.93. The van der Waals surface area contributed by atoms with Crippen molar-refractivity contribution in [3.63, 3.8) is 0 Å². The van der Waals surface area contributed by atoms with Crippen molar-refractivity contribution in [1.29, 1.82) is 0 Å². The van der Waals surface area contributed by atoms with Crippen LogP contribution in [0.25, 0.3) is 6.08 Å². The van der Waals surface area contributed by atoms with Crippen LogP contribution in [0.2, 0.25) is 0 Å². The number of carboxylic acids is 1. The fourth-order valence-corrected chi connectivity index (χ4v) is 2.89. The molecule has 1 aromatic carbocycles. The highest BCUT2D eigenvalue weighted by Gasteiger charge is 2.00. The predicted octanol–water partition coefficient (Wildman–Crippen LogP) is 6.25. The Balaban J connectivity index is 2.15. The largest absolute Gasteiger partial charge is 0.478 e. The molecule has 0 bridgehead atoms. The molecular formula is C21H32O2. The summed E-state index contributed by atoms with van der Waals surface area (Å²) in [5.41, 5.74) is 2.29. The zero-order chi connectivity index (χ0) is 16.8. The van der Waals surface area contributed by atoms with Crippen molar-refractivity contribution in [3.05, 3.63) is 41.5 Å². The van der Waals surface area contributed by atoms with Gasteiger partial charge in [-0.3, -0.25) is 0 Å². The average molecular weight is 316 g/mol. The molecule has 0 fully saturated rings. The molecular weight excluding hydrogens is 284 g/mol. The van der Waals surface area contributed by atoms with Gasteiger partial charge in [0.1, 0.15) is 0 Å². The van der Waals surface area contributed by atoms with Gasteiger partial charge in [-0.15, -0.1) is 0 Å². The molecule has 1 rings (SSSR count). The average Bonchev–Trinajstić information content (AvgIpc) is 2.55. The number of rotatable bonds is 13. The summed E-state index contributed by atoms with van der Waals surface area (Å²) in [5, 5.41) is 8.74. The van der Waals surface area contributed by atoms with Crippen LogP contribution in [0.15, 0.2) is 30.3 Å². The fourth-order valence-electron chi connectivity index (χ4n) is 2.89. The number of carboxylic acid groups (broad SMARTS) is 1. The Kier molecular flexibility index (Phi) is 10.9. The van der Waals surface area contributed by atoms with Gasteiger partial charge >= 0.3 is 5.97 Å². The van der Waals surface area contributed by atoms with Crippen molar-refractivity contribution >= 4 is 12.0 Å². The number of carbonyl (C=O) groups is 1. The molecule has 2 nitrogen and oxygen atoms in total. The van der Waals surface area contributed by atoms with E-state index in [1.165, 1.54) is 75.8 Å². The SMILES string of the molecule is CCCCCCCCCCCCc1ccccc1C=CC(=O)O. The van der Waals surface area contributed by atoms with Crippen molar-refractivity contribution in [2.75, 3.05) is 0 Å². The molecule has 128 valence electrons. The van der Waals surface area contributed by atoms with E-state index in [-0.39, 0.29) is 0 Å². The van der Waals surface area contributed by atoms with Crippen LogP contribution in [0, 0.1) is 0 Å². The van der Waals surface area contributed by atoms with Crippen LogP contribution in [0.4, 0.5) is 0 Å². The van der Waals surface area contributed by atoms with E-state index in [4.69, 9.17) is 5.11 Å². The molecule has 0 heterocycles. The molecule has 0 saturated heterocycles. The molecule has 0 aromatic heterocycles. The Morgan fingerprint density at radius 3 is 2.09 bits per heavy atom. The van der Waals surface area contributed by atoms with Crippen molar-refractivity contribution in [2.24, 2.45) is 0 Å².